The Bertz CT molecular complexity index is 1200. The second-order valence-electron chi connectivity index (χ2n) is 6.23. The zero-order valence-electron chi connectivity index (χ0n) is 15.0. The topological polar surface area (TPSA) is 78.0 Å². The zero-order chi connectivity index (χ0) is 19.7. The van der Waals surface area contributed by atoms with Gasteiger partial charge in [0.2, 0.25) is 5.91 Å². The number of fused-ring (bicyclic) bond motifs is 1. The van der Waals surface area contributed by atoms with E-state index >= 15 is 0 Å². The third-order valence-corrected chi connectivity index (χ3v) is 6.44. The van der Waals surface area contributed by atoms with Crippen molar-refractivity contribution in [3.05, 3.63) is 77.1 Å². The summed E-state index contributed by atoms with van der Waals surface area (Å²) in [5.74, 6) is -0.449. The van der Waals surface area contributed by atoms with E-state index in [9.17, 15) is 9.59 Å². The molecule has 0 aliphatic heterocycles. The van der Waals surface area contributed by atoms with Crippen molar-refractivity contribution in [1.82, 2.24) is 9.55 Å². The molecule has 0 saturated carbocycles. The highest BCUT2D eigenvalue weighted by molar-refractivity contribution is 8.00. The highest BCUT2D eigenvalue weighted by Crippen LogP contribution is 2.33. The number of primary amides is 1. The van der Waals surface area contributed by atoms with Crippen molar-refractivity contribution in [2.24, 2.45) is 5.73 Å². The number of rotatable bonds is 5. The van der Waals surface area contributed by atoms with Crippen LogP contribution in [0.2, 0.25) is 0 Å². The minimum atomic E-state index is -0.507. The van der Waals surface area contributed by atoms with Crippen molar-refractivity contribution in [2.75, 3.05) is 0 Å². The summed E-state index contributed by atoms with van der Waals surface area (Å²) in [5, 5.41) is 0.508. The van der Waals surface area contributed by atoms with Gasteiger partial charge in [-0.15, -0.1) is 11.3 Å². The molecule has 0 aliphatic rings. The molecule has 140 valence electrons. The van der Waals surface area contributed by atoms with Crippen LogP contribution in [0.15, 0.2) is 76.7 Å². The molecule has 2 heterocycles. The summed E-state index contributed by atoms with van der Waals surface area (Å²) < 4.78 is 1.55. The van der Waals surface area contributed by atoms with Crippen LogP contribution >= 0.6 is 23.1 Å². The zero-order valence-corrected chi connectivity index (χ0v) is 16.7. The Kier molecular flexibility index (Phi) is 5.02. The van der Waals surface area contributed by atoms with Gasteiger partial charge >= 0.3 is 0 Å². The molecule has 0 radical (unpaired) electrons. The summed E-state index contributed by atoms with van der Waals surface area (Å²) in [5.41, 5.74) is 7.01. The van der Waals surface area contributed by atoms with Crippen molar-refractivity contribution in [3.8, 4) is 16.1 Å². The van der Waals surface area contributed by atoms with Gasteiger partial charge in [0.05, 0.1) is 16.3 Å². The molecule has 0 saturated heterocycles. The van der Waals surface area contributed by atoms with E-state index in [-0.39, 0.29) is 5.56 Å². The molecule has 0 bridgehead atoms. The Labute approximate surface area is 169 Å². The lowest BCUT2D eigenvalue weighted by molar-refractivity contribution is -0.117. The SMILES string of the molecule is C[C@H](Sc1nc2sc(-c3ccccc3)cc2c(=O)n1-c1ccccc1)C(N)=O. The van der Waals surface area contributed by atoms with Gasteiger partial charge in [-0.05, 0) is 30.7 Å². The van der Waals surface area contributed by atoms with Crippen LogP contribution in [-0.2, 0) is 4.79 Å². The molecule has 2 aromatic heterocycles. The van der Waals surface area contributed by atoms with Gasteiger partial charge in [0.1, 0.15) is 4.83 Å². The van der Waals surface area contributed by atoms with Crippen molar-refractivity contribution < 1.29 is 4.79 Å². The van der Waals surface area contributed by atoms with Crippen LogP contribution in [0, 0.1) is 0 Å². The fourth-order valence-corrected chi connectivity index (χ4v) is 4.76. The highest BCUT2D eigenvalue weighted by Gasteiger charge is 2.20. The summed E-state index contributed by atoms with van der Waals surface area (Å²) in [6.07, 6.45) is 0. The maximum absolute atomic E-state index is 13.3. The van der Waals surface area contributed by atoms with Gasteiger partial charge in [0.15, 0.2) is 5.16 Å². The minimum Gasteiger partial charge on any atom is -0.369 e. The number of aromatic nitrogens is 2. The molecular formula is C21H17N3O2S2. The van der Waals surface area contributed by atoms with Gasteiger partial charge in [0, 0.05) is 4.88 Å². The molecule has 7 heteroatoms. The van der Waals surface area contributed by atoms with E-state index in [0.717, 1.165) is 10.4 Å². The van der Waals surface area contributed by atoms with Crippen LogP contribution in [0.5, 0.6) is 0 Å². The number of amides is 1. The molecule has 0 aliphatic carbocycles. The Morgan fingerprint density at radius 2 is 1.75 bits per heavy atom. The van der Waals surface area contributed by atoms with Crippen LogP contribution in [0.4, 0.5) is 0 Å². The summed E-state index contributed by atoms with van der Waals surface area (Å²) in [6.45, 7) is 1.71. The maximum atomic E-state index is 13.3. The fraction of sp³-hybridized carbons (Fsp3) is 0.0952. The lowest BCUT2D eigenvalue weighted by Crippen LogP contribution is -2.26. The molecule has 0 fully saturated rings. The van der Waals surface area contributed by atoms with Gasteiger partial charge in [-0.1, -0.05) is 60.3 Å². The third kappa shape index (κ3) is 3.46. The lowest BCUT2D eigenvalue weighted by atomic mass is 10.2. The summed E-state index contributed by atoms with van der Waals surface area (Å²) in [7, 11) is 0. The number of para-hydroxylation sites is 1. The van der Waals surface area contributed by atoms with E-state index in [1.807, 2.05) is 66.7 Å². The predicted octanol–water partition coefficient (Wildman–Crippen LogP) is 4.08. The lowest BCUT2D eigenvalue weighted by Gasteiger charge is -2.13. The first-order valence-corrected chi connectivity index (χ1v) is 10.4. The van der Waals surface area contributed by atoms with Gasteiger partial charge in [-0.2, -0.15) is 0 Å². The van der Waals surface area contributed by atoms with E-state index in [4.69, 9.17) is 10.7 Å². The number of thiophene rings is 1. The summed E-state index contributed by atoms with van der Waals surface area (Å²) >= 11 is 2.66. The second-order valence-corrected chi connectivity index (χ2v) is 8.57. The van der Waals surface area contributed by atoms with Crippen LogP contribution in [0.3, 0.4) is 0 Å². The van der Waals surface area contributed by atoms with Crippen molar-refractivity contribution in [2.45, 2.75) is 17.3 Å². The van der Waals surface area contributed by atoms with Crippen LogP contribution in [0.1, 0.15) is 6.92 Å². The fourth-order valence-electron chi connectivity index (χ4n) is 2.81. The number of carbonyl (C=O) groups excluding carboxylic acids is 1. The Morgan fingerprint density at radius 3 is 2.39 bits per heavy atom. The predicted molar refractivity (Wildman–Crippen MR) is 115 cm³/mol. The molecule has 1 atom stereocenters. The van der Waals surface area contributed by atoms with Gasteiger partial charge < -0.3 is 5.73 Å². The van der Waals surface area contributed by atoms with E-state index in [2.05, 4.69) is 0 Å². The monoisotopic (exact) mass is 407 g/mol. The van der Waals surface area contributed by atoms with Gasteiger partial charge in [0.25, 0.3) is 5.56 Å². The van der Waals surface area contributed by atoms with Gasteiger partial charge in [-0.3, -0.25) is 14.2 Å². The summed E-state index contributed by atoms with van der Waals surface area (Å²) in [6, 6.07) is 21.1. The number of hydrogen-bond donors (Lipinski definition) is 1. The Hall–Kier alpha value is -2.90. The molecule has 4 rings (SSSR count). The molecule has 28 heavy (non-hydrogen) atoms. The van der Waals surface area contributed by atoms with Crippen LogP contribution in [-0.4, -0.2) is 20.7 Å². The molecule has 2 aromatic carbocycles. The van der Waals surface area contributed by atoms with Crippen molar-refractivity contribution in [1.29, 1.82) is 0 Å². The minimum absolute atomic E-state index is 0.159. The van der Waals surface area contributed by atoms with Crippen LogP contribution < -0.4 is 11.3 Å². The first kappa shape index (κ1) is 18.5. The smallest absolute Gasteiger partial charge is 0.267 e. The first-order valence-electron chi connectivity index (χ1n) is 8.68. The number of nitrogens with two attached hydrogens (primary N) is 1. The molecule has 5 nitrogen and oxygen atoms in total. The first-order chi connectivity index (χ1) is 13.5. The standard InChI is InChI=1S/C21H17N3O2S2/c1-13(18(22)25)27-21-23-19-16(12-17(28-19)14-8-4-2-5-9-14)20(26)24(21)15-10-6-3-7-11-15/h2-13H,1H3,(H2,22,25)/t13-/m0/s1. The number of thioether (sulfide) groups is 1. The number of nitrogens with zero attached hydrogens (tertiary/aromatic N) is 2. The van der Waals surface area contributed by atoms with E-state index in [1.54, 1.807) is 11.5 Å². The number of carbonyl (C=O) groups is 1. The van der Waals surface area contributed by atoms with Gasteiger partial charge in [-0.25, -0.2) is 4.98 Å². The second kappa shape index (κ2) is 7.61. The highest BCUT2D eigenvalue weighted by atomic mass is 32.2. The molecule has 0 spiro atoms. The molecule has 1 amide bonds. The average molecular weight is 408 g/mol. The van der Waals surface area contributed by atoms with E-state index in [0.29, 0.717) is 21.1 Å². The Morgan fingerprint density at radius 1 is 1.11 bits per heavy atom. The average Bonchev–Trinajstić information content (AvgIpc) is 3.14. The van der Waals surface area contributed by atoms with Crippen LogP contribution in [0.25, 0.3) is 26.3 Å². The molecule has 0 unspecified atom stereocenters. The van der Waals surface area contributed by atoms with Crippen molar-refractivity contribution >= 4 is 39.2 Å². The normalized spacial score (nSPS) is 12.2. The maximum Gasteiger partial charge on any atom is 0.267 e. The number of hydrogen-bond acceptors (Lipinski definition) is 5. The van der Waals surface area contributed by atoms with Crippen molar-refractivity contribution in [3.63, 3.8) is 0 Å². The third-order valence-electron chi connectivity index (χ3n) is 4.29. The molecule has 2 N–H and O–H groups in total. The molecular weight excluding hydrogens is 390 g/mol. The summed E-state index contributed by atoms with van der Waals surface area (Å²) in [4.78, 5) is 31.3. The van der Waals surface area contributed by atoms with E-state index < -0.39 is 11.2 Å². The molecule has 4 aromatic rings. The van der Waals surface area contributed by atoms with E-state index in [1.165, 1.54) is 23.1 Å². The number of benzene rings is 2. The largest absolute Gasteiger partial charge is 0.369 e. The quantitative estimate of drug-likeness (QED) is 0.399. The Balaban J connectivity index is 1.95.